The fourth-order valence-electron chi connectivity index (χ4n) is 1.49. The molecule has 5 nitrogen and oxygen atoms in total. The first kappa shape index (κ1) is 16.1. The van der Waals surface area contributed by atoms with Crippen LogP contribution < -0.4 is 0 Å². The van der Waals surface area contributed by atoms with E-state index in [9.17, 15) is 13.2 Å². The zero-order valence-corrected chi connectivity index (χ0v) is 13.3. The summed E-state index contributed by atoms with van der Waals surface area (Å²) < 4.78 is 26.3. The lowest BCUT2D eigenvalue weighted by molar-refractivity contribution is 0.0695. The summed E-state index contributed by atoms with van der Waals surface area (Å²) in [5.74, 6) is -1.17. The predicted molar refractivity (Wildman–Crippen MR) is 75.8 cm³/mol. The number of carbonyl (C=O) groups is 1. The summed E-state index contributed by atoms with van der Waals surface area (Å²) in [7, 11) is -2.18. The average Bonchev–Trinajstić information content (AvgIpc) is 2.36. The molecule has 0 saturated heterocycles. The van der Waals surface area contributed by atoms with Crippen LogP contribution in [0.4, 0.5) is 0 Å². The Morgan fingerprint density at radius 1 is 1.47 bits per heavy atom. The zero-order chi connectivity index (χ0) is 14.8. The van der Waals surface area contributed by atoms with Crippen molar-refractivity contribution in [1.29, 1.82) is 0 Å². The van der Waals surface area contributed by atoms with Crippen molar-refractivity contribution in [3.63, 3.8) is 0 Å². The molecule has 0 bridgehead atoms. The molecule has 106 valence electrons. The van der Waals surface area contributed by atoms with E-state index in [1.807, 2.05) is 6.92 Å². The Balaban J connectivity index is 3.30. The Hall–Kier alpha value is -0.920. The monoisotopic (exact) mass is 349 g/mol. The Kier molecular flexibility index (Phi) is 5.11. The lowest BCUT2D eigenvalue weighted by Crippen LogP contribution is -2.34. The summed E-state index contributed by atoms with van der Waals surface area (Å²) >= 11 is 3.09. The van der Waals surface area contributed by atoms with Crippen molar-refractivity contribution in [1.82, 2.24) is 4.31 Å². The van der Waals surface area contributed by atoms with Gasteiger partial charge in [-0.15, -0.1) is 0 Å². The number of hydrogen-bond donors (Lipinski definition) is 1. The number of nitrogens with zero attached hydrogens (tertiary/aromatic N) is 1. The summed E-state index contributed by atoms with van der Waals surface area (Å²) in [6.45, 7) is 3.69. The lowest BCUT2D eigenvalue weighted by Gasteiger charge is -2.23. The molecule has 0 amide bonds. The highest BCUT2D eigenvalue weighted by Crippen LogP contribution is 2.24. The van der Waals surface area contributed by atoms with Gasteiger partial charge < -0.3 is 5.11 Å². The highest BCUT2D eigenvalue weighted by atomic mass is 79.9. The minimum absolute atomic E-state index is 0.0177. The van der Waals surface area contributed by atoms with Crippen LogP contribution in [0.15, 0.2) is 27.6 Å². The molecular formula is C12H16BrNO4S. The first-order valence-electron chi connectivity index (χ1n) is 5.72. The largest absolute Gasteiger partial charge is 0.478 e. The van der Waals surface area contributed by atoms with Crippen LogP contribution in [0.2, 0.25) is 0 Å². The van der Waals surface area contributed by atoms with Crippen LogP contribution in [-0.2, 0) is 10.0 Å². The van der Waals surface area contributed by atoms with Crippen molar-refractivity contribution >= 4 is 31.9 Å². The number of aromatic carboxylic acids is 1. The fraction of sp³-hybridized carbons (Fsp3) is 0.417. The van der Waals surface area contributed by atoms with E-state index in [0.29, 0.717) is 10.9 Å². The molecule has 7 heteroatoms. The molecule has 1 aromatic carbocycles. The van der Waals surface area contributed by atoms with Crippen LogP contribution >= 0.6 is 15.9 Å². The summed E-state index contributed by atoms with van der Waals surface area (Å²) in [6.07, 6.45) is 0.679. The molecule has 1 N–H and O–H groups in total. The van der Waals surface area contributed by atoms with E-state index in [-0.39, 0.29) is 16.5 Å². The van der Waals surface area contributed by atoms with E-state index in [2.05, 4.69) is 15.9 Å². The molecule has 1 rings (SSSR count). The fourth-order valence-corrected chi connectivity index (χ4v) is 3.37. The third kappa shape index (κ3) is 3.34. The molecule has 0 saturated carbocycles. The van der Waals surface area contributed by atoms with Gasteiger partial charge in [0.25, 0.3) is 0 Å². The van der Waals surface area contributed by atoms with Crippen LogP contribution in [0.1, 0.15) is 30.6 Å². The maximum atomic E-state index is 12.3. The number of halogens is 1. The average molecular weight is 350 g/mol. The molecular weight excluding hydrogens is 334 g/mol. The van der Waals surface area contributed by atoms with Gasteiger partial charge in [0.05, 0.1) is 10.5 Å². The minimum Gasteiger partial charge on any atom is -0.478 e. The molecule has 19 heavy (non-hydrogen) atoms. The molecule has 1 atom stereocenters. The van der Waals surface area contributed by atoms with Gasteiger partial charge >= 0.3 is 5.97 Å². The number of hydrogen-bond acceptors (Lipinski definition) is 3. The highest BCUT2D eigenvalue weighted by Gasteiger charge is 2.25. The van der Waals surface area contributed by atoms with Crippen LogP contribution in [0.5, 0.6) is 0 Å². The van der Waals surface area contributed by atoms with Crippen molar-refractivity contribution in [3.8, 4) is 0 Å². The Morgan fingerprint density at radius 2 is 2.05 bits per heavy atom. The number of carboxylic acid groups (broad SMARTS) is 1. The third-order valence-electron chi connectivity index (χ3n) is 3.06. The molecule has 0 aliphatic rings. The molecule has 0 aliphatic carbocycles. The Morgan fingerprint density at radius 3 is 2.53 bits per heavy atom. The number of sulfonamides is 1. The Labute approximate surface area is 121 Å². The van der Waals surface area contributed by atoms with Crippen molar-refractivity contribution < 1.29 is 18.3 Å². The molecule has 0 radical (unpaired) electrons. The van der Waals surface area contributed by atoms with E-state index in [1.54, 1.807) is 6.92 Å². The summed E-state index contributed by atoms with van der Waals surface area (Å²) in [6, 6.07) is 3.84. The van der Waals surface area contributed by atoms with Crippen LogP contribution in [0.3, 0.4) is 0 Å². The van der Waals surface area contributed by atoms with Crippen molar-refractivity contribution in [3.05, 3.63) is 28.2 Å². The molecule has 1 aromatic rings. The van der Waals surface area contributed by atoms with Gasteiger partial charge in [-0.1, -0.05) is 6.92 Å². The topological polar surface area (TPSA) is 74.7 Å². The van der Waals surface area contributed by atoms with E-state index in [4.69, 9.17) is 5.11 Å². The standard InChI is InChI=1S/C12H16BrNO4S/c1-4-8(2)14(3)19(17,18)9-5-6-11(13)10(7-9)12(15)16/h5-8H,4H2,1-3H3,(H,15,16). The third-order valence-corrected chi connectivity index (χ3v) is 5.72. The molecule has 0 aromatic heterocycles. The normalized spacial score (nSPS) is 13.5. The quantitative estimate of drug-likeness (QED) is 0.886. The first-order chi connectivity index (χ1) is 8.71. The maximum absolute atomic E-state index is 12.3. The maximum Gasteiger partial charge on any atom is 0.336 e. The van der Waals surface area contributed by atoms with Crippen molar-refractivity contribution in [2.75, 3.05) is 7.05 Å². The van der Waals surface area contributed by atoms with E-state index in [1.165, 1.54) is 29.6 Å². The first-order valence-corrected chi connectivity index (χ1v) is 7.96. The molecule has 0 aliphatic heterocycles. The van der Waals surface area contributed by atoms with Crippen molar-refractivity contribution in [2.45, 2.75) is 31.2 Å². The predicted octanol–water partition coefficient (Wildman–Crippen LogP) is 2.57. The second kappa shape index (κ2) is 6.02. The summed E-state index contributed by atoms with van der Waals surface area (Å²) in [5.41, 5.74) is -0.0707. The van der Waals surface area contributed by atoms with Gasteiger partial charge in [-0.3, -0.25) is 0 Å². The van der Waals surface area contributed by atoms with Gasteiger partial charge in [-0.2, -0.15) is 4.31 Å². The second-order valence-corrected chi connectivity index (χ2v) is 7.08. The van der Waals surface area contributed by atoms with E-state index in [0.717, 1.165) is 0 Å². The number of rotatable bonds is 5. The molecule has 0 heterocycles. The lowest BCUT2D eigenvalue weighted by atomic mass is 10.2. The molecule has 0 spiro atoms. The number of carboxylic acids is 1. The summed E-state index contributed by atoms with van der Waals surface area (Å²) in [5, 5.41) is 9.01. The van der Waals surface area contributed by atoms with E-state index >= 15 is 0 Å². The van der Waals surface area contributed by atoms with Gasteiger partial charge in [0.2, 0.25) is 10.0 Å². The SMILES string of the molecule is CCC(C)N(C)S(=O)(=O)c1ccc(Br)c(C(=O)O)c1. The van der Waals surface area contributed by atoms with Gasteiger partial charge in [0.15, 0.2) is 0 Å². The van der Waals surface area contributed by atoms with Crippen LogP contribution in [0, 0.1) is 0 Å². The van der Waals surface area contributed by atoms with Crippen molar-refractivity contribution in [2.24, 2.45) is 0 Å². The Bertz CT molecular complexity index is 585. The zero-order valence-electron chi connectivity index (χ0n) is 10.9. The summed E-state index contributed by atoms with van der Waals surface area (Å²) in [4.78, 5) is 11.0. The van der Waals surface area contributed by atoms with Gasteiger partial charge in [0.1, 0.15) is 0 Å². The highest BCUT2D eigenvalue weighted by molar-refractivity contribution is 9.10. The van der Waals surface area contributed by atoms with E-state index < -0.39 is 16.0 Å². The smallest absolute Gasteiger partial charge is 0.336 e. The second-order valence-electron chi connectivity index (χ2n) is 4.23. The van der Waals surface area contributed by atoms with Gasteiger partial charge in [-0.05, 0) is 47.5 Å². The van der Waals surface area contributed by atoms with Crippen LogP contribution in [0.25, 0.3) is 0 Å². The van der Waals surface area contributed by atoms with Crippen LogP contribution in [-0.4, -0.2) is 36.9 Å². The number of benzene rings is 1. The minimum atomic E-state index is -3.67. The molecule has 0 fully saturated rings. The van der Waals surface area contributed by atoms with Gasteiger partial charge in [-0.25, -0.2) is 13.2 Å². The molecule has 1 unspecified atom stereocenters. The van der Waals surface area contributed by atoms with Gasteiger partial charge in [0, 0.05) is 17.6 Å².